The summed E-state index contributed by atoms with van der Waals surface area (Å²) in [7, 11) is 1.62. The van der Waals surface area contributed by atoms with Crippen LogP contribution in [0.25, 0.3) is 10.7 Å². The Balaban J connectivity index is 1.67. The average Bonchev–Trinajstić information content (AvgIpc) is 3.18. The second-order valence-electron chi connectivity index (χ2n) is 5.25. The maximum atomic E-state index is 13.6. The number of hydrogen-bond donors (Lipinski definition) is 1. The Kier molecular flexibility index (Phi) is 4.75. The summed E-state index contributed by atoms with van der Waals surface area (Å²) in [6.45, 7) is 0.211. The molecule has 0 aliphatic carbocycles. The molecule has 0 spiro atoms. The highest BCUT2D eigenvalue weighted by molar-refractivity contribution is 7.13. The summed E-state index contributed by atoms with van der Waals surface area (Å²) < 4.78 is 29.1. The molecule has 0 aliphatic heterocycles. The number of rotatable bonds is 5. The minimum absolute atomic E-state index is 0.0798. The number of thiophene rings is 1. The molecule has 0 unspecified atom stereocenters. The first-order valence-electron chi connectivity index (χ1n) is 7.38. The van der Waals surface area contributed by atoms with Crippen molar-refractivity contribution in [2.45, 2.75) is 6.54 Å². The Morgan fingerprint density at radius 3 is 2.80 bits per heavy atom. The van der Waals surface area contributed by atoms with Crippen molar-refractivity contribution >= 4 is 17.2 Å². The van der Waals surface area contributed by atoms with Gasteiger partial charge in [-0.3, -0.25) is 9.36 Å². The van der Waals surface area contributed by atoms with Crippen molar-refractivity contribution in [3.63, 3.8) is 0 Å². The van der Waals surface area contributed by atoms with Gasteiger partial charge in [-0.05, 0) is 23.6 Å². The molecule has 1 amide bonds. The van der Waals surface area contributed by atoms with Gasteiger partial charge in [-0.1, -0.05) is 6.07 Å². The fourth-order valence-corrected chi connectivity index (χ4v) is 3.04. The van der Waals surface area contributed by atoms with Gasteiger partial charge in [0, 0.05) is 19.7 Å². The maximum absolute atomic E-state index is 13.6. The average molecular weight is 364 g/mol. The monoisotopic (exact) mass is 364 g/mol. The number of benzene rings is 1. The van der Waals surface area contributed by atoms with Crippen LogP contribution >= 0.6 is 11.3 Å². The van der Waals surface area contributed by atoms with Crippen LogP contribution in [0, 0.1) is 11.6 Å². The van der Waals surface area contributed by atoms with Gasteiger partial charge in [0.25, 0.3) is 5.91 Å². The third-order valence-electron chi connectivity index (χ3n) is 3.57. The molecule has 0 bridgehead atoms. The lowest BCUT2D eigenvalue weighted by Crippen LogP contribution is -2.32. The molecule has 6 nitrogen and oxygen atoms in total. The summed E-state index contributed by atoms with van der Waals surface area (Å²) in [6, 6.07) is 6.44. The second-order valence-corrected chi connectivity index (χ2v) is 6.19. The largest absolute Gasteiger partial charge is 0.350 e. The van der Waals surface area contributed by atoms with Gasteiger partial charge in [0.05, 0.1) is 17.0 Å². The second kappa shape index (κ2) is 6.98. The smallest absolute Gasteiger partial charge is 0.346 e. The zero-order valence-corrected chi connectivity index (χ0v) is 14.0. The number of halogens is 2. The summed E-state index contributed by atoms with van der Waals surface area (Å²) >= 11 is 1.46. The van der Waals surface area contributed by atoms with E-state index in [1.807, 2.05) is 17.5 Å². The number of nitrogens with one attached hydrogen (secondary N) is 1. The predicted molar refractivity (Wildman–Crippen MR) is 89.5 cm³/mol. The standard InChI is InChI=1S/C16H14F2N4O2S/c1-21-14(13-3-2-8-25-13)20-22(16(21)24)7-6-19-15(23)11-5-4-10(17)9-12(11)18/h2-5,8-9H,6-7H2,1H3,(H,19,23). The molecule has 0 radical (unpaired) electrons. The minimum atomic E-state index is -0.938. The van der Waals surface area contributed by atoms with Crippen molar-refractivity contribution in [2.75, 3.05) is 6.54 Å². The van der Waals surface area contributed by atoms with Crippen LogP contribution in [0.1, 0.15) is 10.4 Å². The van der Waals surface area contributed by atoms with Crippen LogP contribution < -0.4 is 11.0 Å². The van der Waals surface area contributed by atoms with Gasteiger partial charge >= 0.3 is 5.69 Å². The van der Waals surface area contributed by atoms with Crippen LogP contribution in [-0.2, 0) is 13.6 Å². The van der Waals surface area contributed by atoms with Crippen molar-refractivity contribution in [1.29, 1.82) is 0 Å². The number of carbonyl (C=O) groups is 1. The van der Waals surface area contributed by atoms with Crippen LogP contribution in [0.5, 0.6) is 0 Å². The molecule has 0 fully saturated rings. The maximum Gasteiger partial charge on any atom is 0.346 e. The molecule has 130 valence electrons. The fraction of sp³-hybridized carbons (Fsp3) is 0.188. The molecule has 3 aromatic rings. The molecular weight excluding hydrogens is 350 g/mol. The molecule has 0 atom stereocenters. The van der Waals surface area contributed by atoms with E-state index in [9.17, 15) is 18.4 Å². The molecule has 0 saturated carbocycles. The first-order valence-corrected chi connectivity index (χ1v) is 8.26. The number of carbonyl (C=O) groups excluding carboxylic acids is 1. The van der Waals surface area contributed by atoms with E-state index in [2.05, 4.69) is 10.4 Å². The Hall–Kier alpha value is -2.81. The van der Waals surface area contributed by atoms with Crippen molar-refractivity contribution in [1.82, 2.24) is 19.7 Å². The van der Waals surface area contributed by atoms with Gasteiger partial charge in [-0.25, -0.2) is 18.3 Å². The molecule has 0 saturated heterocycles. The summed E-state index contributed by atoms with van der Waals surface area (Å²) in [5, 5.41) is 8.63. The number of amides is 1. The lowest BCUT2D eigenvalue weighted by molar-refractivity contribution is 0.0947. The normalized spacial score (nSPS) is 10.8. The molecular formula is C16H14F2N4O2S. The van der Waals surface area contributed by atoms with Crippen LogP contribution in [0.2, 0.25) is 0 Å². The van der Waals surface area contributed by atoms with Gasteiger partial charge in [0.2, 0.25) is 0 Å². The minimum Gasteiger partial charge on any atom is -0.350 e. The quantitative estimate of drug-likeness (QED) is 0.753. The van der Waals surface area contributed by atoms with E-state index in [1.165, 1.54) is 20.6 Å². The Bertz CT molecular complexity index is 963. The molecule has 1 N–H and O–H groups in total. The zero-order valence-electron chi connectivity index (χ0n) is 13.2. The van der Waals surface area contributed by atoms with E-state index < -0.39 is 17.5 Å². The first kappa shape index (κ1) is 17.0. The van der Waals surface area contributed by atoms with E-state index in [-0.39, 0.29) is 24.3 Å². The summed E-state index contributed by atoms with van der Waals surface area (Å²) in [5.74, 6) is -1.83. The van der Waals surface area contributed by atoms with Crippen LogP contribution in [0.4, 0.5) is 8.78 Å². The molecule has 25 heavy (non-hydrogen) atoms. The Morgan fingerprint density at radius 1 is 1.32 bits per heavy atom. The van der Waals surface area contributed by atoms with Crippen molar-refractivity contribution in [3.8, 4) is 10.7 Å². The van der Waals surface area contributed by atoms with Gasteiger partial charge < -0.3 is 5.32 Å². The zero-order chi connectivity index (χ0) is 18.0. The fourth-order valence-electron chi connectivity index (χ4n) is 2.30. The first-order chi connectivity index (χ1) is 12.0. The summed E-state index contributed by atoms with van der Waals surface area (Å²) in [4.78, 5) is 25.0. The topological polar surface area (TPSA) is 68.9 Å². The summed E-state index contributed by atoms with van der Waals surface area (Å²) in [6.07, 6.45) is 0. The Morgan fingerprint density at radius 2 is 2.12 bits per heavy atom. The third-order valence-corrected chi connectivity index (χ3v) is 4.43. The molecule has 2 aromatic heterocycles. The molecule has 3 rings (SSSR count). The van der Waals surface area contributed by atoms with Gasteiger partial charge in [-0.15, -0.1) is 16.4 Å². The van der Waals surface area contributed by atoms with E-state index in [0.29, 0.717) is 11.9 Å². The van der Waals surface area contributed by atoms with Gasteiger partial charge in [-0.2, -0.15) is 0 Å². The van der Waals surface area contributed by atoms with E-state index in [1.54, 1.807) is 7.05 Å². The van der Waals surface area contributed by atoms with Gasteiger partial charge in [0.1, 0.15) is 11.6 Å². The molecule has 1 aromatic carbocycles. The number of nitrogens with zero attached hydrogens (tertiary/aromatic N) is 3. The van der Waals surface area contributed by atoms with Gasteiger partial charge in [0.15, 0.2) is 5.82 Å². The molecule has 9 heteroatoms. The number of hydrogen-bond acceptors (Lipinski definition) is 4. The van der Waals surface area contributed by atoms with Crippen molar-refractivity contribution < 1.29 is 13.6 Å². The highest BCUT2D eigenvalue weighted by Crippen LogP contribution is 2.20. The lowest BCUT2D eigenvalue weighted by Gasteiger charge is -2.05. The lowest BCUT2D eigenvalue weighted by atomic mass is 10.2. The highest BCUT2D eigenvalue weighted by atomic mass is 32.1. The van der Waals surface area contributed by atoms with Crippen LogP contribution in [-0.4, -0.2) is 26.8 Å². The highest BCUT2D eigenvalue weighted by Gasteiger charge is 2.14. The third kappa shape index (κ3) is 3.50. The van der Waals surface area contributed by atoms with Crippen molar-refractivity contribution in [2.24, 2.45) is 7.05 Å². The van der Waals surface area contributed by atoms with E-state index in [0.717, 1.165) is 17.0 Å². The SMILES string of the molecule is Cn1c(-c2cccs2)nn(CCNC(=O)c2ccc(F)cc2F)c1=O. The van der Waals surface area contributed by atoms with Crippen molar-refractivity contribution in [3.05, 3.63) is 63.4 Å². The Labute approximate surface area is 145 Å². The molecule has 0 aliphatic rings. The predicted octanol–water partition coefficient (Wildman–Crippen LogP) is 2.02. The van der Waals surface area contributed by atoms with Crippen LogP contribution in [0.15, 0.2) is 40.5 Å². The summed E-state index contributed by atoms with van der Waals surface area (Å²) in [5.41, 5.74) is -0.570. The van der Waals surface area contributed by atoms with E-state index >= 15 is 0 Å². The molecule has 2 heterocycles. The number of aromatic nitrogens is 3. The van der Waals surface area contributed by atoms with E-state index in [4.69, 9.17) is 0 Å². The van der Waals surface area contributed by atoms with Crippen LogP contribution in [0.3, 0.4) is 0 Å².